The van der Waals surface area contributed by atoms with Crippen molar-refractivity contribution in [3.63, 3.8) is 0 Å². The fraction of sp³-hybridized carbons (Fsp3) is 0.963. The Hall–Kier alpha value is -0.570. The molecule has 0 saturated heterocycles. The van der Waals surface area contributed by atoms with E-state index >= 15 is 0 Å². The molecule has 0 aromatic carbocycles. The highest BCUT2D eigenvalue weighted by atomic mass is 16.5. The van der Waals surface area contributed by atoms with Crippen molar-refractivity contribution in [3.8, 4) is 0 Å². The second-order valence-corrected chi connectivity index (χ2v) is 9.18. The van der Waals surface area contributed by atoms with Crippen LogP contribution in [0.4, 0.5) is 0 Å². The van der Waals surface area contributed by atoms with Crippen molar-refractivity contribution in [2.24, 2.45) is 11.8 Å². The first-order valence-corrected chi connectivity index (χ1v) is 13.4. The van der Waals surface area contributed by atoms with Gasteiger partial charge in [0.05, 0.1) is 6.61 Å². The van der Waals surface area contributed by atoms with Crippen LogP contribution in [0.3, 0.4) is 0 Å². The number of hydrogen-bond donors (Lipinski definition) is 0. The Balaban J connectivity index is 3.79. The second kappa shape index (κ2) is 23.1. The lowest BCUT2D eigenvalue weighted by atomic mass is 9.92. The summed E-state index contributed by atoms with van der Waals surface area (Å²) < 4.78 is 11.6. The zero-order chi connectivity index (χ0) is 22.3. The molecule has 0 aliphatic rings. The molecule has 0 bridgehead atoms. The summed E-state index contributed by atoms with van der Waals surface area (Å²) in [4.78, 5) is 12.0. The van der Waals surface area contributed by atoms with E-state index < -0.39 is 0 Å². The van der Waals surface area contributed by atoms with Crippen molar-refractivity contribution in [1.82, 2.24) is 0 Å². The normalized spacial score (nSPS) is 13.3. The van der Waals surface area contributed by atoms with Crippen LogP contribution < -0.4 is 0 Å². The van der Waals surface area contributed by atoms with E-state index in [0.29, 0.717) is 24.9 Å². The standard InChI is InChI=1S/C27H54O3/c1-5-9-11-13-15-16-18-20-27(28)30-24-26(8-4)22-25(7-3)23-29-21-19-17-14-12-10-6-2/h25-26H,5-24H2,1-4H3. The van der Waals surface area contributed by atoms with Gasteiger partial charge in [-0.25, -0.2) is 0 Å². The van der Waals surface area contributed by atoms with Crippen molar-refractivity contribution in [2.75, 3.05) is 19.8 Å². The summed E-state index contributed by atoms with van der Waals surface area (Å²) in [6.45, 7) is 11.3. The average molecular weight is 427 g/mol. The van der Waals surface area contributed by atoms with Crippen LogP contribution in [0.15, 0.2) is 0 Å². The Kier molecular flexibility index (Phi) is 22.7. The third kappa shape index (κ3) is 19.4. The SMILES string of the molecule is CCCCCCCCCC(=O)OCC(CC)CC(CC)COCCCCCCCC. The molecule has 0 amide bonds. The lowest BCUT2D eigenvalue weighted by Gasteiger charge is -2.21. The fourth-order valence-electron chi connectivity index (χ4n) is 3.92. The van der Waals surface area contributed by atoms with Gasteiger partial charge in [-0.15, -0.1) is 0 Å². The fourth-order valence-corrected chi connectivity index (χ4v) is 3.92. The smallest absolute Gasteiger partial charge is 0.305 e. The first kappa shape index (κ1) is 29.4. The molecule has 0 aliphatic heterocycles. The number of carbonyl (C=O) groups excluding carboxylic acids is 1. The predicted molar refractivity (Wildman–Crippen MR) is 130 cm³/mol. The van der Waals surface area contributed by atoms with Crippen LogP contribution in [0.2, 0.25) is 0 Å². The van der Waals surface area contributed by atoms with E-state index in [1.165, 1.54) is 70.6 Å². The van der Waals surface area contributed by atoms with Crippen LogP contribution in [0, 0.1) is 11.8 Å². The van der Waals surface area contributed by atoms with Crippen molar-refractivity contribution in [3.05, 3.63) is 0 Å². The third-order valence-electron chi connectivity index (χ3n) is 6.28. The number of hydrogen-bond acceptors (Lipinski definition) is 3. The van der Waals surface area contributed by atoms with E-state index in [1.807, 2.05) is 0 Å². The maximum atomic E-state index is 12.0. The maximum Gasteiger partial charge on any atom is 0.305 e. The second-order valence-electron chi connectivity index (χ2n) is 9.18. The van der Waals surface area contributed by atoms with Crippen LogP contribution in [0.1, 0.15) is 137 Å². The molecule has 0 N–H and O–H groups in total. The van der Waals surface area contributed by atoms with Crippen molar-refractivity contribution >= 4 is 5.97 Å². The molecule has 180 valence electrons. The molecule has 30 heavy (non-hydrogen) atoms. The minimum atomic E-state index is -0.00520. The first-order chi connectivity index (χ1) is 14.7. The molecular formula is C27H54O3. The van der Waals surface area contributed by atoms with E-state index in [4.69, 9.17) is 9.47 Å². The van der Waals surface area contributed by atoms with Gasteiger partial charge in [-0.3, -0.25) is 4.79 Å². The lowest BCUT2D eigenvalue weighted by Crippen LogP contribution is -2.19. The Bertz CT molecular complexity index is 356. The number of carbonyl (C=O) groups is 1. The highest BCUT2D eigenvalue weighted by Gasteiger charge is 2.16. The monoisotopic (exact) mass is 426 g/mol. The number of rotatable bonds is 23. The van der Waals surface area contributed by atoms with Crippen LogP contribution in [-0.2, 0) is 14.3 Å². The van der Waals surface area contributed by atoms with Gasteiger partial charge >= 0.3 is 5.97 Å². The Labute approximate surface area is 189 Å². The van der Waals surface area contributed by atoms with Gasteiger partial charge in [0, 0.05) is 19.6 Å². The quantitative estimate of drug-likeness (QED) is 0.121. The summed E-state index contributed by atoms with van der Waals surface area (Å²) in [6, 6.07) is 0. The molecule has 0 aromatic rings. The van der Waals surface area contributed by atoms with Gasteiger partial charge in [0.15, 0.2) is 0 Å². The summed E-state index contributed by atoms with van der Waals surface area (Å²) >= 11 is 0. The zero-order valence-corrected chi connectivity index (χ0v) is 21.0. The highest BCUT2D eigenvalue weighted by Crippen LogP contribution is 2.20. The Morgan fingerprint density at radius 2 is 1.13 bits per heavy atom. The first-order valence-electron chi connectivity index (χ1n) is 13.4. The van der Waals surface area contributed by atoms with Crippen LogP contribution >= 0.6 is 0 Å². The minimum absolute atomic E-state index is 0.00520. The van der Waals surface area contributed by atoms with Crippen molar-refractivity contribution in [2.45, 2.75) is 137 Å². The Morgan fingerprint density at radius 3 is 1.70 bits per heavy atom. The molecular weight excluding hydrogens is 372 g/mol. The van der Waals surface area contributed by atoms with Gasteiger partial charge in [-0.05, 0) is 31.1 Å². The van der Waals surface area contributed by atoms with Crippen LogP contribution in [0.5, 0.6) is 0 Å². The molecule has 3 nitrogen and oxygen atoms in total. The molecule has 0 heterocycles. The third-order valence-corrected chi connectivity index (χ3v) is 6.28. The van der Waals surface area contributed by atoms with Crippen LogP contribution in [-0.4, -0.2) is 25.8 Å². The summed E-state index contributed by atoms with van der Waals surface area (Å²) in [5.74, 6) is 1.04. The van der Waals surface area contributed by atoms with E-state index in [0.717, 1.165) is 45.3 Å². The molecule has 0 spiro atoms. The minimum Gasteiger partial charge on any atom is -0.465 e. The molecule has 0 radical (unpaired) electrons. The molecule has 0 fully saturated rings. The van der Waals surface area contributed by atoms with Gasteiger partial charge in [0.1, 0.15) is 0 Å². The summed E-state index contributed by atoms with van der Waals surface area (Å²) in [5, 5.41) is 0. The zero-order valence-electron chi connectivity index (χ0n) is 21.0. The average Bonchev–Trinajstić information content (AvgIpc) is 2.76. The topological polar surface area (TPSA) is 35.5 Å². The van der Waals surface area contributed by atoms with E-state index in [-0.39, 0.29) is 5.97 Å². The van der Waals surface area contributed by atoms with Gasteiger partial charge in [-0.2, -0.15) is 0 Å². The van der Waals surface area contributed by atoms with Gasteiger partial charge in [0.25, 0.3) is 0 Å². The van der Waals surface area contributed by atoms with E-state index in [1.54, 1.807) is 0 Å². The molecule has 0 aromatic heterocycles. The highest BCUT2D eigenvalue weighted by molar-refractivity contribution is 5.69. The predicted octanol–water partition coefficient (Wildman–Crippen LogP) is 8.49. The van der Waals surface area contributed by atoms with Crippen molar-refractivity contribution in [1.29, 1.82) is 0 Å². The Morgan fingerprint density at radius 1 is 0.633 bits per heavy atom. The molecule has 0 rings (SSSR count). The lowest BCUT2D eigenvalue weighted by molar-refractivity contribution is -0.145. The summed E-state index contributed by atoms with van der Waals surface area (Å²) in [7, 11) is 0. The number of esters is 1. The maximum absolute atomic E-state index is 12.0. The summed E-state index contributed by atoms with van der Waals surface area (Å²) in [5.41, 5.74) is 0. The van der Waals surface area contributed by atoms with Gasteiger partial charge in [-0.1, -0.05) is 111 Å². The molecule has 2 unspecified atom stereocenters. The van der Waals surface area contributed by atoms with Crippen LogP contribution in [0.25, 0.3) is 0 Å². The summed E-state index contributed by atoms with van der Waals surface area (Å²) in [6.07, 6.45) is 20.4. The van der Waals surface area contributed by atoms with E-state index in [9.17, 15) is 4.79 Å². The largest absolute Gasteiger partial charge is 0.465 e. The molecule has 0 aliphatic carbocycles. The van der Waals surface area contributed by atoms with Gasteiger partial charge < -0.3 is 9.47 Å². The molecule has 3 heteroatoms. The molecule has 0 saturated carbocycles. The number of ether oxygens (including phenoxy) is 2. The van der Waals surface area contributed by atoms with E-state index in [2.05, 4.69) is 27.7 Å². The van der Waals surface area contributed by atoms with Gasteiger partial charge in [0.2, 0.25) is 0 Å². The number of unbranched alkanes of at least 4 members (excludes halogenated alkanes) is 11. The van der Waals surface area contributed by atoms with Crippen molar-refractivity contribution < 1.29 is 14.3 Å². The molecule has 2 atom stereocenters.